The monoisotopic (exact) mass is 670 g/mol. The zero-order chi connectivity index (χ0) is 35.7. The summed E-state index contributed by atoms with van der Waals surface area (Å²) in [7, 11) is 3.29. The zero-order valence-electron chi connectivity index (χ0n) is 29.7. The second-order valence-corrected chi connectivity index (χ2v) is 13.1. The normalized spacial score (nSPS) is 12.4. The van der Waals surface area contributed by atoms with E-state index in [1.165, 1.54) is 22.6 Å². The Morgan fingerprint density at radius 1 is 0.771 bits per heavy atom. The molecule has 0 spiro atoms. The van der Waals surface area contributed by atoms with E-state index < -0.39 is 17.3 Å². The molecule has 48 heavy (non-hydrogen) atoms. The number of phenolic OH excluding ortho intramolecular Hbond substituents is 1. The van der Waals surface area contributed by atoms with Gasteiger partial charge in [-0.15, -0.1) is 0 Å². The Morgan fingerprint density at radius 3 is 1.75 bits per heavy atom. The number of aliphatic hydroxyl groups is 1. The molecule has 266 valence electrons. The number of carbonyl (C=O) groups is 2. The molecule has 1 aliphatic heterocycles. The summed E-state index contributed by atoms with van der Waals surface area (Å²) in [5, 5.41) is 19.7. The molecule has 5 rings (SSSR count). The van der Waals surface area contributed by atoms with E-state index in [9.17, 15) is 14.7 Å². The maximum absolute atomic E-state index is 11.8. The largest absolute Gasteiger partial charge is 0.507 e. The van der Waals surface area contributed by atoms with E-state index in [2.05, 4.69) is 9.97 Å². The fraction of sp³-hybridized carbons (Fsp3) is 0.500. The second kappa shape index (κ2) is 19.4. The summed E-state index contributed by atoms with van der Waals surface area (Å²) in [6.07, 6.45) is 5.50. The number of aliphatic hydroxyl groups excluding tert-OH is 1. The predicted octanol–water partition coefficient (Wildman–Crippen LogP) is 6.93. The summed E-state index contributed by atoms with van der Waals surface area (Å²) >= 11 is 0. The van der Waals surface area contributed by atoms with Crippen molar-refractivity contribution >= 4 is 34.0 Å². The Morgan fingerprint density at radius 2 is 1.27 bits per heavy atom. The number of amides is 2. The van der Waals surface area contributed by atoms with Gasteiger partial charge in [-0.1, -0.05) is 12.1 Å². The molecule has 0 radical (unpaired) electrons. The zero-order valence-corrected chi connectivity index (χ0v) is 29.7. The van der Waals surface area contributed by atoms with Crippen LogP contribution in [-0.4, -0.2) is 107 Å². The summed E-state index contributed by atoms with van der Waals surface area (Å²) in [6, 6.07) is 15.1. The predicted molar refractivity (Wildman–Crippen MR) is 189 cm³/mol. The number of hydrogen-bond acceptors (Lipinski definition) is 8. The summed E-state index contributed by atoms with van der Waals surface area (Å²) in [4.78, 5) is 32.0. The van der Waals surface area contributed by atoms with Crippen LogP contribution in [0, 0.1) is 0 Å². The van der Waals surface area contributed by atoms with Crippen molar-refractivity contribution in [2.75, 3.05) is 53.6 Å². The van der Waals surface area contributed by atoms with Gasteiger partial charge in [0, 0.05) is 68.1 Å². The van der Waals surface area contributed by atoms with Gasteiger partial charge in [-0.25, -0.2) is 9.59 Å². The Balaban J connectivity index is 0.000000249. The molecule has 2 aromatic heterocycles. The van der Waals surface area contributed by atoms with Crippen molar-refractivity contribution in [1.29, 1.82) is 0 Å². The van der Waals surface area contributed by atoms with Gasteiger partial charge in [0.05, 0.1) is 13.2 Å². The van der Waals surface area contributed by atoms with Crippen LogP contribution in [0.25, 0.3) is 21.8 Å². The molecule has 1 saturated heterocycles. The number of aromatic nitrogens is 2. The summed E-state index contributed by atoms with van der Waals surface area (Å²) in [5.74, 6) is 1.14. The molecule has 4 aromatic rings. The Hall–Kier alpha value is -4.42. The topological polar surface area (TPSA) is 150 Å². The number of benzene rings is 2. The van der Waals surface area contributed by atoms with Gasteiger partial charge in [-0.3, -0.25) is 0 Å². The van der Waals surface area contributed by atoms with E-state index in [-0.39, 0.29) is 12.7 Å². The first-order valence-electron chi connectivity index (χ1n) is 16.1. The van der Waals surface area contributed by atoms with Gasteiger partial charge in [0.2, 0.25) is 0 Å². The van der Waals surface area contributed by atoms with Gasteiger partial charge in [0.1, 0.15) is 29.3 Å². The van der Waals surface area contributed by atoms with E-state index in [4.69, 9.17) is 24.1 Å². The molecule has 12 heteroatoms. The quantitative estimate of drug-likeness (QED) is 0.173. The lowest BCUT2D eigenvalue weighted by Gasteiger charge is -2.24. The van der Waals surface area contributed by atoms with Crippen LogP contribution in [0.2, 0.25) is 0 Å². The molecule has 2 amide bonds. The first kappa shape index (κ1) is 39.8. The third-order valence-corrected chi connectivity index (χ3v) is 6.48. The number of phenols is 1. The first-order chi connectivity index (χ1) is 22.6. The minimum atomic E-state index is -0.483. The number of likely N-dealkylation sites (N-methyl/N-ethyl adjacent to an activating group) is 2. The number of rotatable bonds is 6. The van der Waals surface area contributed by atoms with E-state index >= 15 is 0 Å². The lowest BCUT2D eigenvalue weighted by Crippen LogP contribution is -2.36. The molecule has 0 saturated carbocycles. The number of hydrogen-bond donors (Lipinski definition) is 4. The van der Waals surface area contributed by atoms with E-state index in [0.717, 1.165) is 40.8 Å². The van der Waals surface area contributed by atoms with Gasteiger partial charge in [0.25, 0.3) is 0 Å². The van der Waals surface area contributed by atoms with Crippen LogP contribution >= 0.6 is 0 Å². The minimum Gasteiger partial charge on any atom is -0.507 e. The standard InChI is InChI=1S/C16H22N2O3.C8H17NO3.C8H7NO.C4H8O/c1-16(2,3)21-15(19)18(4)10-11-20-14-7-5-6-13-12(14)8-9-17-13;1-8(2,3)12-7(11)9(4)5-6-10;10-8-3-1-2-7-6(8)4-5-9-7;1-2-4-5-3-1/h5-9,17H,10-11H2,1-4H3;10H,5-6H2,1-4H3;1-5,9-10H;1-4H2. The van der Waals surface area contributed by atoms with E-state index in [0.29, 0.717) is 25.4 Å². The Kier molecular flexibility index (Phi) is 16.1. The number of aromatic amines is 2. The maximum Gasteiger partial charge on any atom is 0.410 e. The van der Waals surface area contributed by atoms with Crippen LogP contribution in [0.1, 0.15) is 54.4 Å². The van der Waals surface area contributed by atoms with Crippen LogP contribution in [0.4, 0.5) is 9.59 Å². The van der Waals surface area contributed by atoms with Gasteiger partial charge in [0.15, 0.2) is 0 Å². The highest BCUT2D eigenvalue weighted by molar-refractivity contribution is 5.86. The highest BCUT2D eigenvalue weighted by atomic mass is 16.6. The third-order valence-electron chi connectivity index (χ3n) is 6.48. The van der Waals surface area contributed by atoms with E-state index in [1.54, 1.807) is 40.9 Å². The number of nitrogens with zero attached hydrogens (tertiary/aromatic N) is 2. The molecular weight excluding hydrogens is 616 g/mol. The lowest BCUT2D eigenvalue weighted by atomic mass is 10.2. The molecular formula is C36H54N4O8. The summed E-state index contributed by atoms with van der Waals surface area (Å²) < 4.78 is 21.0. The number of H-pyrrole nitrogens is 2. The molecule has 3 heterocycles. The maximum atomic E-state index is 11.8. The average molecular weight is 671 g/mol. The Labute approximate surface area is 283 Å². The van der Waals surface area contributed by atoms with Gasteiger partial charge < -0.3 is 48.9 Å². The van der Waals surface area contributed by atoms with Gasteiger partial charge in [-0.05, 0) is 90.8 Å². The van der Waals surface area contributed by atoms with Crippen LogP contribution in [0.15, 0.2) is 60.9 Å². The second-order valence-electron chi connectivity index (χ2n) is 13.1. The minimum absolute atomic E-state index is 0.0459. The van der Waals surface area contributed by atoms with Crippen molar-refractivity contribution in [3.63, 3.8) is 0 Å². The van der Waals surface area contributed by atoms with Crippen molar-refractivity contribution in [2.45, 2.75) is 65.6 Å². The van der Waals surface area contributed by atoms with Gasteiger partial charge >= 0.3 is 12.2 Å². The average Bonchev–Trinajstić information content (AvgIpc) is 3.80. The summed E-state index contributed by atoms with van der Waals surface area (Å²) in [6.45, 7) is 14.1. The molecule has 2 aromatic carbocycles. The number of aromatic hydroxyl groups is 1. The van der Waals surface area contributed by atoms with Crippen molar-refractivity contribution in [3.05, 3.63) is 60.9 Å². The molecule has 12 nitrogen and oxygen atoms in total. The van der Waals surface area contributed by atoms with E-state index in [1.807, 2.05) is 75.6 Å². The van der Waals surface area contributed by atoms with Crippen molar-refractivity contribution in [1.82, 2.24) is 19.8 Å². The number of fused-ring (bicyclic) bond motifs is 2. The van der Waals surface area contributed by atoms with Crippen molar-refractivity contribution in [3.8, 4) is 11.5 Å². The van der Waals surface area contributed by atoms with Crippen LogP contribution in [-0.2, 0) is 14.2 Å². The number of nitrogens with one attached hydrogen (secondary N) is 2. The molecule has 0 unspecified atom stereocenters. The summed E-state index contributed by atoms with van der Waals surface area (Å²) in [5.41, 5.74) is 1.05. The van der Waals surface area contributed by atoms with Crippen molar-refractivity contribution in [2.24, 2.45) is 0 Å². The molecule has 4 N–H and O–H groups in total. The SMILES string of the molecule is C1CCOC1.CN(CCO)C(=O)OC(C)(C)C.CN(CCOc1cccc2[nH]ccc12)C(=O)OC(C)(C)C.Oc1cccc2[nH]ccc12. The molecule has 0 aliphatic carbocycles. The lowest BCUT2D eigenvalue weighted by molar-refractivity contribution is 0.0265. The first-order valence-corrected chi connectivity index (χ1v) is 16.1. The fourth-order valence-corrected chi connectivity index (χ4v) is 4.07. The molecule has 0 bridgehead atoms. The fourth-order valence-electron chi connectivity index (χ4n) is 4.07. The third kappa shape index (κ3) is 15.0. The molecule has 0 atom stereocenters. The van der Waals surface area contributed by atoms with Crippen LogP contribution < -0.4 is 4.74 Å². The molecule has 1 fully saturated rings. The van der Waals surface area contributed by atoms with Crippen molar-refractivity contribution < 1.29 is 38.7 Å². The number of carbonyl (C=O) groups excluding carboxylic acids is 2. The van der Waals surface area contributed by atoms with Crippen LogP contribution in [0.5, 0.6) is 11.5 Å². The van der Waals surface area contributed by atoms with Crippen LogP contribution in [0.3, 0.4) is 0 Å². The van der Waals surface area contributed by atoms with Gasteiger partial charge in [-0.2, -0.15) is 0 Å². The Bertz CT molecular complexity index is 1510. The number of ether oxygens (including phenoxy) is 4. The smallest absolute Gasteiger partial charge is 0.410 e. The molecule has 1 aliphatic rings. The highest BCUT2D eigenvalue weighted by Crippen LogP contribution is 2.24. The highest BCUT2D eigenvalue weighted by Gasteiger charge is 2.20.